The van der Waals surface area contributed by atoms with Crippen LogP contribution in [0.5, 0.6) is 0 Å². The highest BCUT2D eigenvalue weighted by Crippen LogP contribution is 2.19. The van der Waals surface area contributed by atoms with E-state index in [2.05, 4.69) is 35.7 Å². The third kappa shape index (κ3) is 3.40. The van der Waals surface area contributed by atoms with Gasteiger partial charge in [-0.25, -0.2) is 4.79 Å². The first-order valence-corrected chi connectivity index (χ1v) is 9.91. The third-order valence-corrected chi connectivity index (χ3v) is 5.69. The largest absolute Gasteiger partial charge is 0.332 e. The van der Waals surface area contributed by atoms with Crippen molar-refractivity contribution >= 4 is 17.1 Å². The molecule has 8 nitrogen and oxygen atoms in total. The Balaban J connectivity index is 1.64. The second kappa shape index (κ2) is 7.71. The van der Waals surface area contributed by atoms with Gasteiger partial charge in [0.25, 0.3) is 5.56 Å². The zero-order valence-electron chi connectivity index (χ0n) is 17.0. The van der Waals surface area contributed by atoms with Crippen molar-refractivity contribution in [2.24, 2.45) is 14.1 Å². The third-order valence-electron chi connectivity index (χ3n) is 5.69. The molecule has 0 saturated carbocycles. The maximum atomic E-state index is 12.8. The molecule has 3 heterocycles. The number of nitrogens with zero attached hydrogens (tertiary/aromatic N) is 5. The summed E-state index contributed by atoms with van der Waals surface area (Å²) in [7, 11) is 3.15. The van der Waals surface area contributed by atoms with Crippen LogP contribution < -0.4 is 21.0 Å². The highest BCUT2D eigenvalue weighted by atomic mass is 16.2. The van der Waals surface area contributed by atoms with Crippen molar-refractivity contribution in [2.45, 2.75) is 13.1 Å². The van der Waals surface area contributed by atoms with Crippen LogP contribution in [0.4, 0.5) is 5.95 Å². The van der Waals surface area contributed by atoms with Gasteiger partial charge in [-0.05, 0) is 0 Å². The van der Waals surface area contributed by atoms with E-state index < -0.39 is 0 Å². The first-order chi connectivity index (χ1) is 14.0. The van der Waals surface area contributed by atoms with Crippen molar-refractivity contribution in [3.05, 3.63) is 69.4 Å². The normalized spacial score (nSPS) is 15.2. The van der Waals surface area contributed by atoms with E-state index >= 15 is 0 Å². The van der Waals surface area contributed by atoms with E-state index in [1.807, 2.05) is 10.6 Å². The number of fused-ring (bicyclic) bond motifs is 1. The molecule has 0 atom stereocenters. The number of rotatable bonds is 5. The van der Waals surface area contributed by atoms with Gasteiger partial charge < -0.3 is 14.4 Å². The summed E-state index contributed by atoms with van der Waals surface area (Å²) in [4.78, 5) is 33.5. The molecule has 1 aliphatic heterocycles. The second-order valence-electron chi connectivity index (χ2n) is 7.59. The second-order valence-corrected chi connectivity index (χ2v) is 7.59. The van der Waals surface area contributed by atoms with Crippen molar-refractivity contribution in [1.82, 2.24) is 18.7 Å². The minimum Gasteiger partial charge on any atom is -0.331 e. The number of hydrogen-bond acceptors (Lipinski definition) is 4. The molecule has 4 rings (SSSR count). The Kier molecular flexibility index (Phi) is 5.10. The lowest BCUT2D eigenvalue weighted by Gasteiger charge is -2.33. The van der Waals surface area contributed by atoms with E-state index in [0.29, 0.717) is 17.7 Å². The first kappa shape index (κ1) is 19.2. The van der Waals surface area contributed by atoms with E-state index in [1.165, 1.54) is 22.1 Å². The molecule has 1 saturated heterocycles. The van der Waals surface area contributed by atoms with Gasteiger partial charge >= 0.3 is 5.69 Å². The van der Waals surface area contributed by atoms with Crippen LogP contribution in [0.15, 0.2) is 52.6 Å². The maximum Gasteiger partial charge on any atom is 0.332 e. The van der Waals surface area contributed by atoms with Crippen LogP contribution in [0, 0.1) is 0 Å². The molecule has 1 aromatic carbocycles. The van der Waals surface area contributed by atoms with Crippen LogP contribution in [-0.4, -0.2) is 44.9 Å². The van der Waals surface area contributed by atoms with Gasteiger partial charge in [-0.3, -0.25) is 13.9 Å². The lowest BCUT2D eigenvalue weighted by Crippen LogP contribution is -3.13. The summed E-state index contributed by atoms with van der Waals surface area (Å²) in [6.07, 6.45) is 1.76. The van der Waals surface area contributed by atoms with Crippen molar-refractivity contribution in [1.29, 1.82) is 0 Å². The fourth-order valence-electron chi connectivity index (χ4n) is 4.06. The fourth-order valence-corrected chi connectivity index (χ4v) is 4.06. The van der Waals surface area contributed by atoms with Crippen LogP contribution in [0.1, 0.15) is 5.56 Å². The average Bonchev–Trinajstić information content (AvgIpc) is 3.12. The number of imidazole rings is 1. The molecule has 0 spiro atoms. The SMILES string of the molecule is C=CCn1c(N2CC[NH+](Cc3ccccc3)CC2)nc2c1c(=O)n(C)c(=O)n2C. The van der Waals surface area contributed by atoms with Gasteiger partial charge in [0.15, 0.2) is 11.2 Å². The molecule has 2 aromatic heterocycles. The van der Waals surface area contributed by atoms with Crippen LogP contribution in [0.3, 0.4) is 0 Å². The van der Waals surface area contributed by atoms with Crippen molar-refractivity contribution < 1.29 is 4.90 Å². The Morgan fingerprint density at radius 3 is 2.45 bits per heavy atom. The van der Waals surface area contributed by atoms with Crippen LogP contribution in [-0.2, 0) is 27.2 Å². The molecule has 1 fully saturated rings. The molecular formula is C21H27N6O2+. The van der Waals surface area contributed by atoms with E-state index in [9.17, 15) is 9.59 Å². The molecule has 0 radical (unpaired) electrons. The summed E-state index contributed by atoms with van der Waals surface area (Å²) < 4.78 is 4.46. The molecule has 8 heteroatoms. The molecule has 1 aliphatic rings. The smallest absolute Gasteiger partial charge is 0.331 e. The lowest BCUT2D eigenvalue weighted by atomic mass is 10.2. The number of piperazine rings is 1. The van der Waals surface area contributed by atoms with E-state index in [4.69, 9.17) is 4.98 Å². The van der Waals surface area contributed by atoms with Crippen molar-refractivity contribution in [3.63, 3.8) is 0 Å². The number of aromatic nitrogens is 4. The number of quaternary nitrogens is 1. The van der Waals surface area contributed by atoms with Gasteiger partial charge in [0.05, 0.1) is 26.2 Å². The highest BCUT2D eigenvalue weighted by Gasteiger charge is 2.26. The molecule has 152 valence electrons. The fraction of sp³-hybridized carbons (Fsp3) is 0.381. The number of anilines is 1. The molecule has 3 aromatic rings. The van der Waals surface area contributed by atoms with Crippen LogP contribution in [0.25, 0.3) is 11.2 Å². The zero-order chi connectivity index (χ0) is 20.5. The van der Waals surface area contributed by atoms with Gasteiger partial charge in [-0.15, -0.1) is 6.58 Å². The number of nitrogens with one attached hydrogen (secondary N) is 1. The molecule has 0 amide bonds. The summed E-state index contributed by atoms with van der Waals surface area (Å²) in [5, 5.41) is 0. The molecule has 0 aliphatic carbocycles. The molecular weight excluding hydrogens is 368 g/mol. The Labute approximate surface area is 168 Å². The predicted octanol–water partition coefficient (Wildman–Crippen LogP) is -0.475. The van der Waals surface area contributed by atoms with E-state index in [1.54, 1.807) is 13.1 Å². The Morgan fingerprint density at radius 1 is 1.10 bits per heavy atom. The number of hydrogen-bond donors (Lipinski definition) is 1. The number of aryl methyl sites for hydroxylation is 1. The summed E-state index contributed by atoms with van der Waals surface area (Å²) in [6, 6.07) is 10.5. The molecule has 29 heavy (non-hydrogen) atoms. The Bertz CT molecular complexity index is 1150. The summed E-state index contributed by atoms with van der Waals surface area (Å²) in [5.74, 6) is 0.733. The highest BCUT2D eigenvalue weighted by molar-refractivity contribution is 5.74. The summed E-state index contributed by atoms with van der Waals surface area (Å²) >= 11 is 0. The Hall–Kier alpha value is -3.13. The molecule has 0 unspecified atom stereocenters. The quantitative estimate of drug-likeness (QED) is 0.593. The van der Waals surface area contributed by atoms with E-state index in [0.717, 1.165) is 43.2 Å². The van der Waals surface area contributed by atoms with Crippen molar-refractivity contribution in [2.75, 3.05) is 31.1 Å². The van der Waals surface area contributed by atoms with Gasteiger partial charge in [-0.2, -0.15) is 4.98 Å². The van der Waals surface area contributed by atoms with E-state index in [-0.39, 0.29) is 11.2 Å². The minimum atomic E-state index is -0.366. The monoisotopic (exact) mass is 395 g/mol. The zero-order valence-corrected chi connectivity index (χ0v) is 17.0. The maximum absolute atomic E-state index is 12.8. The first-order valence-electron chi connectivity index (χ1n) is 9.91. The summed E-state index contributed by atoms with van der Waals surface area (Å²) in [5.41, 5.74) is 1.53. The standard InChI is InChI=1S/C21H26N6O2/c1-4-10-27-17-18(23(2)21(29)24(3)19(17)28)22-20(27)26-13-11-25(12-14-26)15-16-8-6-5-7-9-16/h4-9H,1,10-15H2,2-3H3/p+1. The van der Waals surface area contributed by atoms with Gasteiger partial charge in [0, 0.05) is 26.2 Å². The molecule has 1 N–H and O–H groups in total. The van der Waals surface area contributed by atoms with Crippen LogP contribution >= 0.6 is 0 Å². The average molecular weight is 395 g/mol. The number of benzene rings is 1. The molecule has 0 bridgehead atoms. The van der Waals surface area contributed by atoms with Gasteiger partial charge in [0.2, 0.25) is 5.95 Å². The lowest BCUT2D eigenvalue weighted by molar-refractivity contribution is -0.914. The van der Waals surface area contributed by atoms with Crippen molar-refractivity contribution in [3.8, 4) is 0 Å². The minimum absolute atomic E-state index is 0.322. The number of allylic oxidation sites excluding steroid dienone is 1. The van der Waals surface area contributed by atoms with Crippen LogP contribution in [0.2, 0.25) is 0 Å². The predicted molar refractivity (Wildman–Crippen MR) is 113 cm³/mol. The summed E-state index contributed by atoms with van der Waals surface area (Å²) in [6.45, 7) is 8.97. The van der Waals surface area contributed by atoms with Gasteiger partial charge in [-0.1, -0.05) is 36.4 Å². The topological polar surface area (TPSA) is 69.5 Å². The van der Waals surface area contributed by atoms with Gasteiger partial charge in [0.1, 0.15) is 6.54 Å². The Morgan fingerprint density at radius 2 is 1.79 bits per heavy atom.